The Balaban J connectivity index is 1.43. The number of aromatic amines is 1. The average molecular weight is 428 g/mol. The fourth-order valence-electron chi connectivity index (χ4n) is 3.07. The standard InChI is InChI=1S/C19H17N5O3S2/c1-2-7-24-15(22-23-19(24)28)9-12-10-29-18(20-12)21-16(25)14-8-11-5-3-4-6-13(11)17(26)27-14/h2-6,10,14H,1,7-9H2,(H,23,28)(H,20,21,25). The zero-order chi connectivity index (χ0) is 20.4. The van der Waals surface area contributed by atoms with E-state index >= 15 is 0 Å². The number of anilines is 1. The summed E-state index contributed by atoms with van der Waals surface area (Å²) in [4.78, 5) is 29.1. The molecule has 1 aromatic carbocycles. The van der Waals surface area contributed by atoms with Gasteiger partial charge in [-0.2, -0.15) is 5.10 Å². The Kier molecular flexibility index (Phi) is 5.36. The van der Waals surface area contributed by atoms with E-state index in [4.69, 9.17) is 17.0 Å². The Hall–Kier alpha value is -3.11. The summed E-state index contributed by atoms with van der Waals surface area (Å²) in [6.07, 6.45) is 1.65. The third-order valence-corrected chi connectivity index (χ3v) is 5.57. The molecule has 10 heteroatoms. The molecule has 1 unspecified atom stereocenters. The molecule has 0 saturated carbocycles. The van der Waals surface area contributed by atoms with Crippen molar-refractivity contribution in [3.63, 3.8) is 0 Å². The molecule has 3 aromatic rings. The van der Waals surface area contributed by atoms with Gasteiger partial charge >= 0.3 is 5.97 Å². The fourth-order valence-corrected chi connectivity index (χ4v) is 4.01. The van der Waals surface area contributed by atoms with Crippen molar-refractivity contribution in [2.75, 3.05) is 5.32 Å². The molecule has 0 aliphatic carbocycles. The van der Waals surface area contributed by atoms with Crippen LogP contribution in [0, 0.1) is 4.77 Å². The normalized spacial score (nSPS) is 15.4. The second-order valence-corrected chi connectivity index (χ2v) is 7.65. The van der Waals surface area contributed by atoms with E-state index in [9.17, 15) is 9.59 Å². The number of ether oxygens (including phenoxy) is 1. The number of thiazole rings is 1. The first kappa shape index (κ1) is 19.2. The minimum absolute atomic E-state index is 0.336. The van der Waals surface area contributed by atoms with Crippen molar-refractivity contribution < 1.29 is 14.3 Å². The smallest absolute Gasteiger partial charge is 0.339 e. The first-order chi connectivity index (χ1) is 14.0. The van der Waals surface area contributed by atoms with Gasteiger partial charge in [0.1, 0.15) is 5.82 Å². The number of rotatable bonds is 6. The molecule has 148 valence electrons. The van der Waals surface area contributed by atoms with Gasteiger partial charge in [0.25, 0.3) is 5.91 Å². The molecule has 3 heterocycles. The lowest BCUT2D eigenvalue weighted by molar-refractivity contribution is -0.125. The first-order valence-electron chi connectivity index (χ1n) is 8.84. The summed E-state index contributed by atoms with van der Waals surface area (Å²) in [5.41, 5.74) is 2.05. The van der Waals surface area contributed by atoms with Crippen LogP contribution in [0.5, 0.6) is 0 Å². The molecule has 1 aliphatic heterocycles. The van der Waals surface area contributed by atoms with E-state index in [1.54, 1.807) is 18.2 Å². The van der Waals surface area contributed by atoms with Gasteiger partial charge in [-0.15, -0.1) is 17.9 Å². The van der Waals surface area contributed by atoms with Crippen LogP contribution in [-0.2, 0) is 28.9 Å². The van der Waals surface area contributed by atoms with E-state index in [2.05, 4.69) is 27.1 Å². The quantitative estimate of drug-likeness (QED) is 0.356. The highest BCUT2D eigenvalue weighted by molar-refractivity contribution is 7.71. The van der Waals surface area contributed by atoms with Gasteiger partial charge in [-0.25, -0.2) is 9.78 Å². The van der Waals surface area contributed by atoms with Gasteiger partial charge in [0.2, 0.25) is 0 Å². The molecule has 29 heavy (non-hydrogen) atoms. The van der Waals surface area contributed by atoms with E-state index < -0.39 is 18.0 Å². The van der Waals surface area contributed by atoms with E-state index in [-0.39, 0.29) is 0 Å². The van der Waals surface area contributed by atoms with Crippen LogP contribution in [0.4, 0.5) is 5.13 Å². The van der Waals surface area contributed by atoms with Crippen molar-refractivity contribution in [3.05, 3.63) is 69.7 Å². The van der Waals surface area contributed by atoms with Gasteiger partial charge in [0.05, 0.1) is 17.7 Å². The highest BCUT2D eigenvalue weighted by Crippen LogP contribution is 2.23. The Morgan fingerprint density at radius 1 is 1.48 bits per heavy atom. The predicted octanol–water partition coefficient (Wildman–Crippen LogP) is 2.89. The molecule has 8 nitrogen and oxygen atoms in total. The second kappa shape index (κ2) is 8.10. The molecule has 1 atom stereocenters. The van der Waals surface area contributed by atoms with Crippen molar-refractivity contribution in [3.8, 4) is 0 Å². The first-order valence-corrected chi connectivity index (χ1v) is 10.1. The summed E-state index contributed by atoms with van der Waals surface area (Å²) in [5.74, 6) is -0.157. The van der Waals surface area contributed by atoms with Crippen molar-refractivity contribution >= 4 is 40.6 Å². The van der Waals surface area contributed by atoms with E-state index in [0.717, 1.165) is 17.1 Å². The highest BCUT2D eigenvalue weighted by atomic mass is 32.1. The molecule has 1 amide bonds. The van der Waals surface area contributed by atoms with Crippen molar-refractivity contribution in [2.45, 2.75) is 25.5 Å². The van der Waals surface area contributed by atoms with E-state index in [1.165, 1.54) is 11.3 Å². The number of amides is 1. The number of benzene rings is 1. The third kappa shape index (κ3) is 4.03. The maximum atomic E-state index is 12.6. The van der Waals surface area contributed by atoms with E-state index in [1.807, 2.05) is 22.1 Å². The average Bonchev–Trinajstić information content (AvgIpc) is 3.29. The monoisotopic (exact) mass is 427 g/mol. The Labute approximate surface area is 175 Å². The molecule has 0 fully saturated rings. The maximum Gasteiger partial charge on any atom is 0.339 e. The number of allylic oxidation sites excluding steroid dienone is 1. The van der Waals surface area contributed by atoms with Crippen molar-refractivity contribution in [1.29, 1.82) is 0 Å². The summed E-state index contributed by atoms with van der Waals surface area (Å²) < 4.78 is 7.63. The lowest BCUT2D eigenvalue weighted by Crippen LogP contribution is -2.37. The Morgan fingerprint density at radius 2 is 2.31 bits per heavy atom. The van der Waals surface area contributed by atoms with Gasteiger partial charge in [-0.3, -0.25) is 19.8 Å². The second-order valence-electron chi connectivity index (χ2n) is 6.41. The zero-order valence-electron chi connectivity index (χ0n) is 15.3. The number of carbonyl (C=O) groups excluding carboxylic acids is 2. The van der Waals surface area contributed by atoms with Crippen LogP contribution in [0.1, 0.15) is 27.4 Å². The minimum atomic E-state index is -0.881. The third-order valence-electron chi connectivity index (χ3n) is 4.45. The van der Waals surface area contributed by atoms with Crippen LogP contribution in [-0.4, -0.2) is 37.7 Å². The van der Waals surface area contributed by atoms with Crippen LogP contribution < -0.4 is 5.32 Å². The maximum absolute atomic E-state index is 12.6. The van der Waals surface area contributed by atoms with Crippen LogP contribution in [0.2, 0.25) is 0 Å². The number of hydrogen-bond donors (Lipinski definition) is 2. The Bertz CT molecular complexity index is 1150. The number of carbonyl (C=O) groups is 2. The molecular formula is C19H17N5O3S2. The molecule has 2 N–H and O–H groups in total. The summed E-state index contributed by atoms with van der Waals surface area (Å²) in [5, 5.41) is 12.0. The van der Waals surface area contributed by atoms with Crippen LogP contribution in [0.3, 0.4) is 0 Å². The number of cyclic esters (lactones) is 1. The molecule has 4 rings (SSSR count). The number of fused-ring (bicyclic) bond motifs is 1. The predicted molar refractivity (Wildman–Crippen MR) is 111 cm³/mol. The molecule has 2 aromatic heterocycles. The summed E-state index contributed by atoms with van der Waals surface area (Å²) in [6.45, 7) is 4.27. The van der Waals surface area contributed by atoms with Gasteiger partial charge in [0.15, 0.2) is 16.0 Å². The fraction of sp³-hybridized carbons (Fsp3) is 0.211. The van der Waals surface area contributed by atoms with Gasteiger partial charge in [-0.05, 0) is 23.8 Å². The SMILES string of the molecule is C=CCn1c(Cc2csc(NC(=O)C3Cc4ccccc4C(=O)O3)n2)n[nH]c1=S. The minimum Gasteiger partial charge on any atom is -0.448 e. The van der Waals surface area contributed by atoms with Gasteiger partial charge in [-0.1, -0.05) is 24.3 Å². The summed E-state index contributed by atoms with van der Waals surface area (Å²) >= 11 is 6.50. The Morgan fingerprint density at radius 3 is 3.14 bits per heavy atom. The molecule has 0 radical (unpaired) electrons. The largest absolute Gasteiger partial charge is 0.448 e. The lowest BCUT2D eigenvalue weighted by atomic mass is 9.98. The highest BCUT2D eigenvalue weighted by Gasteiger charge is 2.31. The van der Waals surface area contributed by atoms with Crippen LogP contribution in [0.25, 0.3) is 0 Å². The summed E-state index contributed by atoms with van der Waals surface area (Å²) in [7, 11) is 0. The molecule has 1 aliphatic rings. The topological polar surface area (TPSA) is 102 Å². The lowest BCUT2D eigenvalue weighted by Gasteiger charge is -2.23. The number of nitrogens with one attached hydrogen (secondary N) is 2. The zero-order valence-corrected chi connectivity index (χ0v) is 16.9. The summed E-state index contributed by atoms with van der Waals surface area (Å²) in [6, 6.07) is 7.13. The number of H-pyrrole nitrogens is 1. The van der Waals surface area contributed by atoms with Crippen molar-refractivity contribution in [2.24, 2.45) is 0 Å². The van der Waals surface area contributed by atoms with Crippen molar-refractivity contribution in [1.82, 2.24) is 19.7 Å². The molecular weight excluding hydrogens is 410 g/mol. The molecule has 0 spiro atoms. The van der Waals surface area contributed by atoms with Gasteiger partial charge < -0.3 is 4.74 Å². The van der Waals surface area contributed by atoms with E-state index in [0.29, 0.717) is 34.9 Å². The molecule has 0 saturated heterocycles. The van der Waals surface area contributed by atoms with Crippen LogP contribution in [0.15, 0.2) is 42.3 Å². The van der Waals surface area contributed by atoms with Crippen LogP contribution >= 0.6 is 23.6 Å². The number of aromatic nitrogens is 4. The number of esters is 1. The van der Waals surface area contributed by atoms with Gasteiger partial charge in [0, 0.05) is 18.3 Å². The number of hydrogen-bond acceptors (Lipinski definition) is 7. The number of nitrogens with zero attached hydrogens (tertiary/aromatic N) is 3. The molecule has 0 bridgehead atoms.